The number of benzene rings is 1. The zero-order chi connectivity index (χ0) is 18.0. The maximum Gasteiger partial charge on any atom is 0.272 e. The Morgan fingerprint density at radius 1 is 1.28 bits per heavy atom. The van der Waals surface area contributed by atoms with Crippen molar-refractivity contribution in [3.63, 3.8) is 0 Å². The van der Waals surface area contributed by atoms with Crippen molar-refractivity contribution in [1.29, 1.82) is 0 Å². The van der Waals surface area contributed by atoms with Crippen LogP contribution in [-0.2, 0) is 16.6 Å². The van der Waals surface area contributed by atoms with Crippen LogP contribution >= 0.6 is 0 Å². The molecule has 1 saturated heterocycles. The Hall–Kier alpha value is -2.53. The molecule has 3 rings (SSSR count). The maximum absolute atomic E-state index is 11.6. The summed E-state index contributed by atoms with van der Waals surface area (Å²) in [5.74, 6) is 0.425. The molecule has 0 saturated carbocycles. The Bertz CT molecular complexity index is 859. The van der Waals surface area contributed by atoms with Crippen molar-refractivity contribution in [2.75, 3.05) is 18.0 Å². The lowest BCUT2D eigenvalue weighted by molar-refractivity contribution is -0.385. The Morgan fingerprint density at radius 2 is 2.00 bits per heavy atom. The zero-order valence-corrected chi connectivity index (χ0v) is 14.2. The largest absolute Gasteiger partial charge is 0.371 e. The molecule has 1 fully saturated rings. The Labute approximate surface area is 144 Å². The van der Waals surface area contributed by atoms with Crippen LogP contribution in [0.25, 0.3) is 0 Å². The minimum atomic E-state index is -4.01. The number of piperidine rings is 1. The number of nitro benzene ring substituents is 1. The van der Waals surface area contributed by atoms with Crippen LogP contribution in [0.3, 0.4) is 0 Å². The van der Waals surface area contributed by atoms with Crippen molar-refractivity contribution >= 4 is 21.4 Å². The fourth-order valence-electron chi connectivity index (χ4n) is 2.99. The molecule has 0 unspecified atom stereocenters. The first-order valence-electron chi connectivity index (χ1n) is 7.74. The second-order valence-corrected chi connectivity index (χ2v) is 7.60. The van der Waals surface area contributed by atoms with Crippen LogP contribution in [0.4, 0.5) is 11.4 Å². The van der Waals surface area contributed by atoms with Crippen molar-refractivity contribution in [3.05, 3.63) is 40.7 Å². The molecule has 2 aromatic rings. The van der Waals surface area contributed by atoms with Gasteiger partial charge in [0.1, 0.15) is 0 Å². The minimum Gasteiger partial charge on any atom is -0.371 e. The van der Waals surface area contributed by atoms with Crippen LogP contribution in [0, 0.1) is 16.0 Å². The predicted octanol–water partition coefficient (Wildman–Crippen LogP) is 0.750. The van der Waals surface area contributed by atoms with Gasteiger partial charge in [-0.2, -0.15) is 0 Å². The van der Waals surface area contributed by atoms with Gasteiger partial charge in [0.25, 0.3) is 5.69 Å². The number of primary sulfonamides is 1. The molecule has 1 aromatic carbocycles. The van der Waals surface area contributed by atoms with Crippen LogP contribution in [0.2, 0.25) is 0 Å². The number of aromatic nitrogens is 3. The van der Waals surface area contributed by atoms with Gasteiger partial charge in [-0.25, -0.2) is 13.6 Å². The summed E-state index contributed by atoms with van der Waals surface area (Å²) in [6, 6.07) is 3.75. The van der Waals surface area contributed by atoms with E-state index in [-0.39, 0.29) is 10.6 Å². The number of hydrogen-bond acceptors (Lipinski definition) is 7. The van der Waals surface area contributed by atoms with Gasteiger partial charge in [0, 0.05) is 43.7 Å². The number of rotatable bonds is 5. The summed E-state index contributed by atoms with van der Waals surface area (Å²) in [5, 5.41) is 24.0. The molecule has 0 amide bonds. The Balaban J connectivity index is 1.76. The topological polar surface area (TPSA) is 137 Å². The molecular formula is C14H18N6O4S. The van der Waals surface area contributed by atoms with Gasteiger partial charge in [-0.3, -0.25) is 14.8 Å². The van der Waals surface area contributed by atoms with Crippen molar-refractivity contribution in [2.45, 2.75) is 24.3 Å². The number of nitro groups is 1. The van der Waals surface area contributed by atoms with Crippen molar-refractivity contribution < 1.29 is 13.3 Å². The van der Waals surface area contributed by atoms with E-state index in [1.807, 2.05) is 11.1 Å². The van der Waals surface area contributed by atoms with E-state index in [1.165, 1.54) is 12.1 Å². The highest BCUT2D eigenvalue weighted by molar-refractivity contribution is 7.89. The molecule has 134 valence electrons. The Kier molecular flexibility index (Phi) is 4.68. The first-order valence-corrected chi connectivity index (χ1v) is 9.29. The van der Waals surface area contributed by atoms with Crippen molar-refractivity contribution in [3.8, 4) is 0 Å². The average molecular weight is 366 g/mol. The molecule has 10 nitrogen and oxygen atoms in total. The number of nitrogens with two attached hydrogens (primary N) is 1. The molecule has 2 N–H and O–H groups in total. The molecular weight excluding hydrogens is 348 g/mol. The van der Waals surface area contributed by atoms with Gasteiger partial charge in [-0.1, -0.05) is 5.21 Å². The van der Waals surface area contributed by atoms with Gasteiger partial charge in [0.05, 0.1) is 16.0 Å². The number of sulfonamides is 1. The van der Waals surface area contributed by atoms with Crippen molar-refractivity contribution in [1.82, 2.24) is 15.0 Å². The smallest absolute Gasteiger partial charge is 0.272 e. The van der Waals surface area contributed by atoms with E-state index in [4.69, 9.17) is 5.14 Å². The summed E-state index contributed by atoms with van der Waals surface area (Å²) in [5.41, 5.74) is 0.212. The van der Waals surface area contributed by atoms with Crippen molar-refractivity contribution in [2.24, 2.45) is 11.1 Å². The van der Waals surface area contributed by atoms with Crippen LogP contribution in [-0.4, -0.2) is 41.4 Å². The number of hydrogen-bond donors (Lipinski definition) is 1. The summed E-state index contributed by atoms with van der Waals surface area (Å²) >= 11 is 0. The van der Waals surface area contributed by atoms with Gasteiger partial charge >= 0.3 is 0 Å². The van der Waals surface area contributed by atoms with Gasteiger partial charge in [0.2, 0.25) is 10.0 Å². The standard InChI is InChI=1S/C14H18N6O4S/c15-25(23,24)14-8-12(7-13(9-14)20(21)22)18-4-1-11(2-5-18)10-19-6-3-16-17-19/h3,6-9,11H,1-2,4-5,10H2,(H2,15,23,24). The van der Waals surface area contributed by atoms with Gasteiger partial charge < -0.3 is 4.90 Å². The SMILES string of the molecule is NS(=O)(=O)c1cc(N2CCC(Cn3ccnn3)CC2)cc([N+](=O)[O-])c1. The summed E-state index contributed by atoms with van der Waals surface area (Å²) < 4.78 is 25.0. The van der Waals surface area contributed by atoms with E-state index in [0.717, 1.165) is 25.5 Å². The fraction of sp³-hybridized carbons (Fsp3) is 0.429. The van der Waals surface area contributed by atoms with E-state index in [9.17, 15) is 18.5 Å². The predicted molar refractivity (Wildman–Crippen MR) is 89.4 cm³/mol. The highest BCUT2D eigenvalue weighted by atomic mass is 32.2. The molecule has 0 bridgehead atoms. The molecule has 0 radical (unpaired) electrons. The molecule has 2 heterocycles. The lowest BCUT2D eigenvalue weighted by atomic mass is 9.96. The summed E-state index contributed by atoms with van der Waals surface area (Å²) in [6.07, 6.45) is 5.18. The summed E-state index contributed by atoms with van der Waals surface area (Å²) in [4.78, 5) is 12.2. The third-order valence-electron chi connectivity index (χ3n) is 4.31. The average Bonchev–Trinajstić information content (AvgIpc) is 3.07. The lowest BCUT2D eigenvalue weighted by Crippen LogP contribution is -2.35. The lowest BCUT2D eigenvalue weighted by Gasteiger charge is -2.33. The number of non-ortho nitro benzene ring substituents is 1. The fourth-order valence-corrected chi connectivity index (χ4v) is 3.56. The van der Waals surface area contributed by atoms with E-state index >= 15 is 0 Å². The summed E-state index contributed by atoms with van der Waals surface area (Å²) in [7, 11) is -4.01. The highest BCUT2D eigenvalue weighted by Crippen LogP contribution is 2.29. The van der Waals surface area contributed by atoms with E-state index in [1.54, 1.807) is 10.9 Å². The third kappa shape index (κ3) is 4.12. The Morgan fingerprint density at radius 3 is 2.56 bits per heavy atom. The minimum absolute atomic E-state index is 0.249. The molecule has 11 heteroatoms. The van der Waals surface area contributed by atoms with E-state index < -0.39 is 14.9 Å². The van der Waals surface area contributed by atoms with E-state index in [0.29, 0.717) is 24.7 Å². The van der Waals surface area contributed by atoms with Crippen LogP contribution < -0.4 is 10.0 Å². The normalized spacial score (nSPS) is 16.1. The monoisotopic (exact) mass is 366 g/mol. The molecule has 1 aromatic heterocycles. The van der Waals surface area contributed by atoms with Crippen LogP contribution in [0.5, 0.6) is 0 Å². The number of nitrogens with zero attached hydrogens (tertiary/aromatic N) is 5. The molecule has 1 aliphatic rings. The third-order valence-corrected chi connectivity index (χ3v) is 5.21. The van der Waals surface area contributed by atoms with Crippen LogP contribution in [0.15, 0.2) is 35.5 Å². The van der Waals surface area contributed by atoms with Crippen LogP contribution in [0.1, 0.15) is 12.8 Å². The molecule has 0 spiro atoms. The van der Waals surface area contributed by atoms with Gasteiger partial charge in [-0.15, -0.1) is 5.10 Å². The second kappa shape index (κ2) is 6.76. The molecule has 0 atom stereocenters. The molecule has 1 aliphatic heterocycles. The molecule has 25 heavy (non-hydrogen) atoms. The number of anilines is 1. The quantitative estimate of drug-likeness (QED) is 0.609. The zero-order valence-electron chi connectivity index (χ0n) is 13.4. The molecule has 0 aliphatic carbocycles. The first kappa shape index (κ1) is 17.3. The van der Waals surface area contributed by atoms with Gasteiger partial charge in [0.15, 0.2) is 0 Å². The van der Waals surface area contributed by atoms with E-state index in [2.05, 4.69) is 10.3 Å². The first-order chi connectivity index (χ1) is 11.8. The highest BCUT2D eigenvalue weighted by Gasteiger charge is 2.23. The maximum atomic E-state index is 11.6. The second-order valence-electron chi connectivity index (χ2n) is 6.04. The van der Waals surface area contributed by atoms with Gasteiger partial charge in [-0.05, 0) is 24.8 Å². The summed E-state index contributed by atoms with van der Waals surface area (Å²) in [6.45, 7) is 2.11.